The van der Waals surface area contributed by atoms with Crippen LogP contribution in [0.1, 0.15) is 18.0 Å². The Morgan fingerprint density at radius 2 is 1.87 bits per heavy atom. The molecule has 1 aromatic carbocycles. The highest BCUT2D eigenvalue weighted by Crippen LogP contribution is 2.27. The van der Waals surface area contributed by atoms with E-state index in [0.717, 1.165) is 12.0 Å². The molecule has 0 bridgehead atoms. The molecular formula is C18H16N4O. The predicted molar refractivity (Wildman–Crippen MR) is 89.2 cm³/mol. The molecule has 0 saturated heterocycles. The van der Waals surface area contributed by atoms with Crippen LogP contribution < -0.4 is 10.9 Å². The van der Waals surface area contributed by atoms with Crippen molar-refractivity contribution >= 4 is 5.95 Å². The summed E-state index contributed by atoms with van der Waals surface area (Å²) >= 11 is 0. The summed E-state index contributed by atoms with van der Waals surface area (Å²) in [6.07, 6.45) is 4.27. The standard InChI is InChI=1S/C18H16N4O/c23-17-12-16(14-6-9-19-10-7-14)21-18-20-15(8-11-22(17)18)13-4-2-1-3-5-13/h1-7,9-10,12,15H,8,11H2,(H,20,21). The van der Waals surface area contributed by atoms with Crippen LogP contribution in [-0.4, -0.2) is 14.5 Å². The van der Waals surface area contributed by atoms with Crippen LogP contribution in [0.4, 0.5) is 5.95 Å². The number of hydrogen-bond donors (Lipinski definition) is 1. The van der Waals surface area contributed by atoms with Gasteiger partial charge in [0.05, 0.1) is 11.7 Å². The van der Waals surface area contributed by atoms with Crippen LogP contribution in [0, 0.1) is 0 Å². The van der Waals surface area contributed by atoms with Crippen molar-refractivity contribution in [3.8, 4) is 11.3 Å². The van der Waals surface area contributed by atoms with Gasteiger partial charge in [0.15, 0.2) is 0 Å². The summed E-state index contributed by atoms with van der Waals surface area (Å²) < 4.78 is 1.70. The van der Waals surface area contributed by atoms with Crippen molar-refractivity contribution in [3.05, 3.63) is 76.8 Å². The lowest BCUT2D eigenvalue weighted by molar-refractivity contribution is 0.522. The van der Waals surface area contributed by atoms with Crippen LogP contribution in [0.15, 0.2) is 65.7 Å². The van der Waals surface area contributed by atoms with Crippen molar-refractivity contribution in [2.45, 2.75) is 19.0 Å². The number of hydrogen-bond acceptors (Lipinski definition) is 4. The largest absolute Gasteiger partial charge is 0.349 e. The first-order chi connectivity index (χ1) is 11.3. The van der Waals surface area contributed by atoms with Crippen molar-refractivity contribution in [2.75, 3.05) is 5.32 Å². The van der Waals surface area contributed by atoms with Gasteiger partial charge in [-0.3, -0.25) is 14.3 Å². The summed E-state index contributed by atoms with van der Waals surface area (Å²) in [6, 6.07) is 15.7. The third kappa shape index (κ3) is 2.61. The van der Waals surface area contributed by atoms with Gasteiger partial charge in [0, 0.05) is 30.6 Å². The quantitative estimate of drug-likeness (QED) is 0.791. The lowest BCUT2D eigenvalue weighted by Gasteiger charge is -2.27. The molecule has 23 heavy (non-hydrogen) atoms. The zero-order valence-electron chi connectivity index (χ0n) is 12.5. The SMILES string of the molecule is O=c1cc(-c2ccncc2)nc2n1CCC(c1ccccc1)N2. The maximum atomic E-state index is 12.4. The Morgan fingerprint density at radius 1 is 1.09 bits per heavy atom. The van der Waals surface area contributed by atoms with E-state index in [0.29, 0.717) is 18.2 Å². The van der Waals surface area contributed by atoms with Gasteiger partial charge in [-0.15, -0.1) is 0 Å². The second kappa shape index (κ2) is 5.68. The van der Waals surface area contributed by atoms with Gasteiger partial charge in [-0.2, -0.15) is 0 Å². The minimum atomic E-state index is -0.0270. The number of rotatable bonds is 2. The molecule has 2 aromatic heterocycles. The lowest BCUT2D eigenvalue weighted by Crippen LogP contribution is -2.31. The van der Waals surface area contributed by atoms with E-state index in [1.165, 1.54) is 5.56 Å². The minimum Gasteiger partial charge on any atom is -0.349 e. The maximum Gasteiger partial charge on any atom is 0.255 e. The Morgan fingerprint density at radius 3 is 2.65 bits per heavy atom. The van der Waals surface area contributed by atoms with E-state index in [-0.39, 0.29) is 11.6 Å². The topological polar surface area (TPSA) is 59.8 Å². The lowest BCUT2D eigenvalue weighted by atomic mass is 10.0. The fourth-order valence-corrected chi connectivity index (χ4v) is 2.92. The Hall–Kier alpha value is -2.95. The molecule has 5 nitrogen and oxygen atoms in total. The molecule has 3 heterocycles. The number of fused-ring (bicyclic) bond motifs is 1. The van der Waals surface area contributed by atoms with Crippen molar-refractivity contribution in [1.82, 2.24) is 14.5 Å². The van der Waals surface area contributed by atoms with Crippen LogP contribution >= 0.6 is 0 Å². The predicted octanol–water partition coefficient (Wildman–Crippen LogP) is 2.86. The molecule has 1 unspecified atom stereocenters. The first kappa shape index (κ1) is 13.7. The first-order valence-electron chi connectivity index (χ1n) is 7.65. The second-order valence-electron chi connectivity index (χ2n) is 5.59. The molecule has 0 fully saturated rings. The van der Waals surface area contributed by atoms with Crippen LogP contribution in [0.3, 0.4) is 0 Å². The fourth-order valence-electron chi connectivity index (χ4n) is 2.92. The van der Waals surface area contributed by atoms with Gasteiger partial charge >= 0.3 is 0 Å². The monoisotopic (exact) mass is 304 g/mol. The number of anilines is 1. The van der Waals surface area contributed by atoms with E-state index in [1.54, 1.807) is 23.0 Å². The summed E-state index contributed by atoms with van der Waals surface area (Å²) in [4.78, 5) is 21.0. The smallest absolute Gasteiger partial charge is 0.255 e. The highest BCUT2D eigenvalue weighted by Gasteiger charge is 2.21. The van der Waals surface area contributed by atoms with E-state index < -0.39 is 0 Å². The normalized spacial score (nSPS) is 16.4. The van der Waals surface area contributed by atoms with Crippen LogP contribution in [0.25, 0.3) is 11.3 Å². The molecule has 1 atom stereocenters. The van der Waals surface area contributed by atoms with Gasteiger partial charge in [-0.1, -0.05) is 30.3 Å². The van der Waals surface area contributed by atoms with Crippen LogP contribution in [-0.2, 0) is 6.54 Å². The van der Waals surface area contributed by atoms with Crippen LogP contribution in [0.5, 0.6) is 0 Å². The van der Waals surface area contributed by atoms with E-state index in [9.17, 15) is 4.79 Å². The van der Waals surface area contributed by atoms with Crippen molar-refractivity contribution in [3.63, 3.8) is 0 Å². The fraction of sp³-hybridized carbons (Fsp3) is 0.167. The first-order valence-corrected chi connectivity index (χ1v) is 7.65. The third-order valence-electron chi connectivity index (χ3n) is 4.13. The molecule has 0 aliphatic carbocycles. The molecule has 0 saturated carbocycles. The Balaban J connectivity index is 1.73. The summed E-state index contributed by atoms with van der Waals surface area (Å²) in [7, 11) is 0. The molecule has 0 amide bonds. The maximum absolute atomic E-state index is 12.4. The average Bonchev–Trinajstić information content (AvgIpc) is 2.63. The van der Waals surface area contributed by atoms with Gasteiger partial charge in [0.1, 0.15) is 0 Å². The average molecular weight is 304 g/mol. The number of aromatic nitrogens is 3. The molecule has 5 heteroatoms. The van der Waals surface area contributed by atoms with Crippen molar-refractivity contribution in [2.24, 2.45) is 0 Å². The summed E-state index contributed by atoms with van der Waals surface area (Å²) in [6.45, 7) is 0.671. The molecule has 0 spiro atoms. The molecule has 1 aliphatic heterocycles. The Kier molecular flexibility index (Phi) is 3.38. The zero-order chi connectivity index (χ0) is 15.6. The molecule has 3 aromatic rings. The molecule has 1 N–H and O–H groups in total. The van der Waals surface area contributed by atoms with Crippen molar-refractivity contribution < 1.29 is 0 Å². The summed E-state index contributed by atoms with van der Waals surface area (Å²) in [5.74, 6) is 0.629. The number of nitrogens with zero attached hydrogens (tertiary/aromatic N) is 3. The minimum absolute atomic E-state index is 0.0270. The molecular weight excluding hydrogens is 288 g/mol. The summed E-state index contributed by atoms with van der Waals surface area (Å²) in [5, 5.41) is 3.40. The third-order valence-corrected chi connectivity index (χ3v) is 4.13. The van der Waals surface area contributed by atoms with E-state index in [2.05, 4.69) is 27.4 Å². The number of benzene rings is 1. The molecule has 114 valence electrons. The van der Waals surface area contributed by atoms with E-state index >= 15 is 0 Å². The van der Waals surface area contributed by atoms with Gasteiger partial charge in [-0.25, -0.2) is 4.98 Å². The van der Waals surface area contributed by atoms with Crippen LogP contribution in [0.2, 0.25) is 0 Å². The van der Waals surface area contributed by atoms with Crippen molar-refractivity contribution in [1.29, 1.82) is 0 Å². The van der Waals surface area contributed by atoms with E-state index in [4.69, 9.17) is 0 Å². The molecule has 1 aliphatic rings. The van der Waals surface area contributed by atoms with Gasteiger partial charge < -0.3 is 5.32 Å². The number of nitrogens with one attached hydrogen (secondary N) is 1. The second-order valence-corrected chi connectivity index (χ2v) is 5.59. The zero-order valence-corrected chi connectivity index (χ0v) is 12.5. The highest BCUT2D eigenvalue weighted by molar-refractivity contribution is 5.59. The molecule has 4 rings (SSSR count). The van der Waals surface area contributed by atoms with Gasteiger partial charge in [-0.05, 0) is 24.1 Å². The number of pyridine rings is 1. The summed E-state index contributed by atoms with van der Waals surface area (Å²) in [5.41, 5.74) is 2.75. The van der Waals surface area contributed by atoms with Gasteiger partial charge in [0.25, 0.3) is 5.56 Å². The highest BCUT2D eigenvalue weighted by atomic mass is 16.1. The van der Waals surface area contributed by atoms with Gasteiger partial charge in [0.2, 0.25) is 5.95 Å². The Labute approximate surface area is 133 Å². The molecule has 0 radical (unpaired) electrons. The van der Waals surface area contributed by atoms with E-state index in [1.807, 2.05) is 30.3 Å². The Bertz CT molecular complexity index is 875.